The molecule has 6 heteroatoms. The maximum absolute atomic E-state index is 12.5. The zero-order valence-electron chi connectivity index (χ0n) is 20.1. The molecule has 0 unspecified atom stereocenters. The number of nitrogens with one attached hydrogen (secondary N) is 1. The van der Waals surface area contributed by atoms with E-state index >= 15 is 0 Å². The molecule has 0 aromatic heterocycles. The molecule has 1 saturated heterocycles. The molecule has 0 spiro atoms. The molecular formula is C28H34N4O2. The van der Waals surface area contributed by atoms with Gasteiger partial charge >= 0.3 is 0 Å². The molecule has 1 atom stereocenters. The van der Waals surface area contributed by atoms with Crippen LogP contribution < -0.4 is 19.9 Å². The molecule has 0 radical (unpaired) electrons. The van der Waals surface area contributed by atoms with Crippen LogP contribution >= 0.6 is 0 Å². The van der Waals surface area contributed by atoms with Gasteiger partial charge in [-0.05, 0) is 42.0 Å². The average molecular weight is 459 g/mol. The zero-order chi connectivity index (χ0) is 23.8. The summed E-state index contributed by atoms with van der Waals surface area (Å²) in [6.07, 6.45) is 0. The first-order valence-corrected chi connectivity index (χ1v) is 11.9. The molecule has 3 aromatic carbocycles. The van der Waals surface area contributed by atoms with Gasteiger partial charge in [-0.1, -0.05) is 48.5 Å². The van der Waals surface area contributed by atoms with Crippen molar-refractivity contribution in [2.75, 3.05) is 63.2 Å². The number of anilines is 2. The summed E-state index contributed by atoms with van der Waals surface area (Å²) in [4.78, 5) is 19.5. The van der Waals surface area contributed by atoms with Gasteiger partial charge in [0.15, 0.2) is 6.61 Å². The third-order valence-electron chi connectivity index (χ3n) is 6.28. The van der Waals surface area contributed by atoms with Crippen LogP contribution in [0.5, 0.6) is 5.75 Å². The minimum atomic E-state index is -0.110. The van der Waals surface area contributed by atoms with Crippen LogP contribution in [0.1, 0.15) is 11.6 Å². The number of ether oxygens (including phenoxy) is 1. The fourth-order valence-electron chi connectivity index (χ4n) is 4.31. The maximum Gasteiger partial charge on any atom is 0.258 e. The number of rotatable bonds is 9. The molecular weight excluding hydrogens is 424 g/mol. The number of hydrogen-bond donors (Lipinski definition) is 1. The Bertz CT molecular complexity index is 1020. The maximum atomic E-state index is 12.5. The van der Waals surface area contributed by atoms with E-state index in [0.29, 0.717) is 12.3 Å². The molecule has 6 nitrogen and oxygen atoms in total. The van der Waals surface area contributed by atoms with Gasteiger partial charge in [0, 0.05) is 58.2 Å². The molecule has 4 rings (SSSR count). The number of piperazine rings is 1. The Morgan fingerprint density at radius 1 is 0.882 bits per heavy atom. The Balaban J connectivity index is 1.40. The molecule has 1 N–H and O–H groups in total. The SMILES string of the molecule is CN(C)c1ccc([C@@H](CNC(=O)COc2ccccc2)N2CCN(c3ccccc3)CC2)cc1. The summed E-state index contributed by atoms with van der Waals surface area (Å²) in [7, 11) is 4.09. The van der Waals surface area contributed by atoms with Crippen LogP contribution in [0.2, 0.25) is 0 Å². The Morgan fingerprint density at radius 2 is 1.50 bits per heavy atom. The van der Waals surface area contributed by atoms with Crippen molar-refractivity contribution in [3.63, 3.8) is 0 Å². The van der Waals surface area contributed by atoms with Crippen LogP contribution in [-0.2, 0) is 4.79 Å². The monoisotopic (exact) mass is 458 g/mol. The molecule has 1 aliphatic rings. The van der Waals surface area contributed by atoms with Crippen LogP contribution in [0.15, 0.2) is 84.9 Å². The van der Waals surface area contributed by atoms with Gasteiger partial charge in [0.1, 0.15) is 5.75 Å². The summed E-state index contributed by atoms with van der Waals surface area (Å²) < 4.78 is 5.62. The summed E-state index contributed by atoms with van der Waals surface area (Å²) in [6.45, 7) is 4.35. The second kappa shape index (κ2) is 11.6. The van der Waals surface area contributed by atoms with Crippen molar-refractivity contribution in [1.82, 2.24) is 10.2 Å². The number of amides is 1. The molecule has 34 heavy (non-hydrogen) atoms. The fraction of sp³-hybridized carbons (Fsp3) is 0.321. The molecule has 0 bridgehead atoms. The summed E-state index contributed by atoms with van der Waals surface area (Å²) >= 11 is 0. The van der Waals surface area contributed by atoms with E-state index in [-0.39, 0.29) is 18.6 Å². The average Bonchev–Trinajstić information content (AvgIpc) is 2.89. The largest absolute Gasteiger partial charge is 0.484 e. The molecule has 178 valence electrons. The number of nitrogens with zero attached hydrogens (tertiary/aromatic N) is 3. The quantitative estimate of drug-likeness (QED) is 0.528. The van der Waals surface area contributed by atoms with Crippen LogP contribution in [0.3, 0.4) is 0 Å². The second-order valence-corrected chi connectivity index (χ2v) is 8.77. The lowest BCUT2D eigenvalue weighted by Gasteiger charge is -2.40. The van der Waals surface area contributed by atoms with E-state index in [1.807, 2.05) is 44.4 Å². The van der Waals surface area contributed by atoms with E-state index in [2.05, 4.69) is 74.6 Å². The second-order valence-electron chi connectivity index (χ2n) is 8.77. The molecule has 0 aliphatic carbocycles. The van der Waals surface area contributed by atoms with Gasteiger partial charge in [0.25, 0.3) is 5.91 Å². The standard InChI is InChI=1S/C28H34N4O2/c1-30(2)24-15-13-23(14-16-24)27(21-29-28(33)22-34-26-11-7-4-8-12-26)32-19-17-31(18-20-32)25-9-5-3-6-10-25/h3-16,27H,17-22H2,1-2H3,(H,29,33)/t27-/m1/s1. The van der Waals surface area contributed by atoms with Crippen molar-refractivity contribution in [2.24, 2.45) is 0 Å². The van der Waals surface area contributed by atoms with Gasteiger partial charge in [-0.25, -0.2) is 0 Å². The Kier molecular flexibility index (Phi) is 8.04. The molecule has 0 saturated carbocycles. The minimum absolute atomic E-state index is 0.0120. The van der Waals surface area contributed by atoms with Crippen molar-refractivity contribution in [1.29, 1.82) is 0 Å². The highest BCUT2D eigenvalue weighted by Crippen LogP contribution is 2.25. The van der Waals surface area contributed by atoms with Crippen molar-refractivity contribution in [2.45, 2.75) is 6.04 Å². The van der Waals surface area contributed by atoms with Gasteiger partial charge in [0.2, 0.25) is 0 Å². The third kappa shape index (κ3) is 6.29. The van der Waals surface area contributed by atoms with Gasteiger partial charge < -0.3 is 19.9 Å². The molecule has 3 aromatic rings. The van der Waals surface area contributed by atoms with Crippen molar-refractivity contribution < 1.29 is 9.53 Å². The Labute approximate surface area is 202 Å². The first-order chi connectivity index (χ1) is 16.6. The number of benzene rings is 3. The third-order valence-corrected chi connectivity index (χ3v) is 6.28. The lowest BCUT2D eigenvalue weighted by atomic mass is 10.0. The molecule has 1 heterocycles. The van der Waals surface area contributed by atoms with Crippen molar-refractivity contribution in [3.05, 3.63) is 90.5 Å². The Morgan fingerprint density at radius 3 is 2.12 bits per heavy atom. The smallest absolute Gasteiger partial charge is 0.258 e. The normalized spacial score (nSPS) is 14.9. The van der Waals surface area contributed by atoms with Gasteiger partial charge in [0.05, 0.1) is 6.04 Å². The first kappa shape index (κ1) is 23.6. The van der Waals surface area contributed by atoms with E-state index in [0.717, 1.165) is 31.9 Å². The van der Waals surface area contributed by atoms with Crippen LogP contribution in [-0.4, -0.2) is 64.2 Å². The number of carbonyl (C=O) groups is 1. The van der Waals surface area contributed by atoms with Crippen molar-refractivity contribution in [3.8, 4) is 5.75 Å². The first-order valence-electron chi connectivity index (χ1n) is 11.9. The lowest BCUT2D eigenvalue weighted by Crippen LogP contribution is -2.50. The molecule has 1 fully saturated rings. The zero-order valence-corrected chi connectivity index (χ0v) is 20.1. The predicted molar refractivity (Wildman–Crippen MR) is 139 cm³/mol. The van der Waals surface area contributed by atoms with Crippen LogP contribution in [0.25, 0.3) is 0 Å². The number of hydrogen-bond acceptors (Lipinski definition) is 5. The number of para-hydroxylation sites is 2. The summed E-state index contributed by atoms with van der Waals surface area (Å²) in [6, 6.07) is 28.7. The molecule has 1 amide bonds. The van der Waals surface area contributed by atoms with Gasteiger partial charge in [-0.3, -0.25) is 9.69 Å². The summed E-state index contributed by atoms with van der Waals surface area (Å²) in [5.41, 5.74) is 3.64. The van der Waals surface area contributed by atoms with Crippen molar-refractivity contribution >= 4 is 17.3 Å². The number of carbonyl (C=O) groups excluding carboxylic acids is 1. The van der Waals surface area contributed by atoms with Crippen LogP contribution in [0.4, 0.5) is 11.4 Å². The minimum Gasteiger partial charge on any atom is -0.484 e. The Hall–Kier alpha value is -3.51. The van der Waals surface area contributed by atoms with E-state index in [4.69, 9.17) is 4.74 Å². The highest BCUT2D eigenvalue weighted by Gasteiger charge is 2.26. The van der Waals surface area contributed by atoms with E-state index in [9.17, 15) is 4.79 Å². The molecule has 1 aliphatic heterocycles. The van der Waals surface area contributed by atoms with Gasteiger partial charge in [-0.15, -0.1) is 0 Å². The highest BCUT2D eigenvalue weighted by molar-refractivity contribution is 5.77. The predicted octanol–water partition coefficient (Wildman–Crippen LogP) is 3.81. The van der Waals surface area contributed by atoms with E-state index in [1.54, 1.807) is 0 Å². The van der Waals surface area contributed by atoms with Crippen LogP contribution in [0, 0.1) is 0 Å². The van der Waals surface area contributed by atoms with Gasteiger partial charge in [-0.2, -0.15) is 0 Å². The van der Waals surface area contributed by atoms with E-state index < -0.39 is 0 Å². The highest BCUT2D eigenvalue weighted by atomic mass is 16.5. The summed E-state index contributed by atoms with van der Waals surface area (Å²) in [5, 5.41) is 3.10. The van der Waals surface area contributed by atoms with E-state index in [1.165, 1.54) is 11.3 Å². The topological polar surface area (TPSA) is 48.1 Å². The summed E-state index contributed by atoms with van der Waals surface area (Å²) in [5.74, 6) is 0.590. The fourth-order valence-corrected chi connectivity index (χ4v) is 4.31. The lowest BCUT2D eigenvalue weighted by molar-refractivity contribution is -0.123.